The normalized spacial score (nSPS) is 15.8. The van der Waals surface area contributed by atoms with Crippen LogP contribution in [0.3, 0.4) is 0 Å². The van der Waals surface area contributed by atoms with Gasteiger partial charge in [0.15, 0.2) is 6.29 Å². The number of amides is 1. The first-order valence-electron chi connectivity index (χ1n) is 13.4. The summed E-state index contributed by atoms with van der Waals surface area (Å²) < 4.78 is 38.5. The smallest absolute Gasteiger partial charge is 0.249 e. The first-order valence-corrected chi connectivity index (χ1v) is 13.4. The minimum atomic E-state index is -0.704. The van der Waals surface area contributed by atoms with Gasteiger partial charge in [-0.15, -0.1) is 0 Å². The summed E-state index contributed by atoms with van der Waals surface area (Å²) in [6, 6.07) is 15.7. The monoisotopic (exact) mass is 559 g/mol. The molecule has 2 fully saturated rings. The minimum Gasteiger partial charge on any atom is -0.438 e. The van der Waals surface area contributed by atoms with Crippen molar-refractivity contribution in [1.82, 2.24) is 9.97 Å². The number of morpholine rings is 1. The van der Waals surface area contributed by atoms with Gasteiger partial charge in [-0.25, -0.2) is 9.37 Å². The van der Waals surface area contributed by atoms with Crippen LogP contribution >= 0.6 is 0 Å². The van der Waals surface area contributed by atoms with Crippen molar-refractivity contribution in [1.29, 1.82) is 0 Å². The highest BCUT2D eigenvalue weighted by Crippen LogP contribution is 2.40. The molecule has 212 valence electrons. The Kier molecular flexibility index (Phi) is 7.64. The molecule has 3 aromatic carbocycles. The van der Waals surface area contributed by atoms with Crippen LogP contribution < -0.4 is 20.3 Å². The maximum absolute atomic E-state index is 15.8. The summed E-state index contributed by atoms with van der Waals surface area (Å²) in [6.45, 7) is 3.88. The molecule has 0 aliphatic carbocycles. The van der Waals surface area contributed by atoms with Gasteiger partial charge in [0.05, 0.1) is 38.5 Å². The molecule has 3 heterocycles. The highest BCUT2D eigenvalue weighted by molar-refractivity contribution is 6.07. The van der Waals surface area contributed by atoms with E-state index in [0.717, 1.165) is 5.39 Å². The van der Waals surface area contributed by atoms with Crippen LogP contribution in [0, 0.1) is 5.82 Å². The number of hydrogen-bond acceptors (Lipinski definition) is 9. The van der Waals surface area contributed by atoms with Crippen LogP contribution in [-0.4, -0.2) is 75.3 Å². The molecule has 2 aliphatic rings. The zero-order chi connectivity index (χ0) is 28.3. The molecular formula is C30H30FN5O5. The Morgan fingerprint density at radius 2 is 1.83 bits per heavy atom. The molecule has 0 unspecified atom stereocenters. The molecule has 2 N–H and O–H groups in total. The van der Waals surface area contributed by atoms with Crippen LogP contribution in [0.25, 0.3) is 21.9 Å². The lowest BCUT2D eigenvalue weighted by Crippen LogP contribution is -2.36. The predicted octanol–water partition coefficient (Wildman–Crippen LogP) is 3.97. The third-order valence-electron chi connectivity index (χ3n) is 7.16. The number of carbonyl (C=O) groups is 1. The third kappa shape index (κ3) is 5.64. The van der Waals surface area contributed by atoms with Gasteiger partial charge in [0.25, 0.3) is 0 Å². The molecule has 41 heavy (non-hydrogen) atoms. The number of nitrogens with two attached hydrogens (primary N) is 1. The van der Waals surface area contributed by atoms with E-state index in [9.17, 15) is 4.79 Å². The summed E-state index contributed by atoms with van der Waals surface area (Å²) in [4.78, 5) is 25.3. The van der Waals surface area contributed by atoms with Crippen molar-refractivity contribution in [3.05, 3.63) is 72.2 Å². The van der Waals surface area contributed by atoms with E-state index in [0.29, 0.717) is 80.3 Å². The fraction of sp³-hybridized carbons (Fsp3) is 0.300. The number of hydrogen-bond donors (Lipinski definition) is 1. The molecule has 4 aromatic rings. The lowest BCUT2D eigenvalue weighted by atomic mass is 9.92. The average molecular weight is 560 g/mol. The second kappa shape index (κ2) is 11.7. The zero-order valence-electron chi connectivity index (χ0n) is 22.6. The van der Waals surface area contributed by atoms with Crippen LogP contribution in [0.4, 0.5) is 16.0 Å². The molecule has 1 amide bonds. The van der Waals surface area contributed by atoms with Gasteiger partial charge in [0.2, 0.25) is 17.7 Å². The molecule has 6 rings (SSSR count). The molecule has 0 bridgehead atoms. The van der Waals surface area contributed by atoms with E-state index in [1.807, 2.05) is 41.1 Å². The van der Waals surface area contributed by atoms with Crippen molar-refractivity contribution in [2.24, 2.45) is 5.73 Å². The number of rotatable bonds is 8. The quantitative estimate of drug-likeness (QED) is 0.343. The molecule has 2 saturated heterocycles. The van der Waals surface area contributed by atoms with Gasteiger partial charge in [0.1, 0.15) is 11.6 Å². The van der Waals surface area contributed by atoms with Gasteiger partial charge in [-0.1, -0.05) is 24.3 Å². The van der Waals surface area contributed by atoms with Crippen molar-refractivity contribution < 1.29 is 28.1 Å². The maximum atomic E-state index is 15.8. The first-order chi connectivity index (χ1) is 20.0. The van der Waals surface area contributed by atoms with E-state index in [4.69, 9.17) is 24.7 Å². The SMILES string of the molecule is CN(CC1OCCO1)c1nccc(Oc2ccc(-c3c(F)cc(N4CCOCC4)cc3C(N)=O)c3ccccc23)n1. The van der Waals surface area contributed by atoms with Crippen LogP contribution in [0.5, 0.6) is 11.6 Å². The number of likely N-dealkylation sites (N-methyl/N-ethyl adjacent to an activating group) is 1. The maximum Gasteiger partial charge on any atom is 0.249 e. The Bertz CT molecular complexity index is 1570. The summed E-state index contributed by atoms with van der Waals surface area (Å²) in [6.07, 6.45) is 1.28. The molecule has 1 aromatic heterocycles. The van der Waals surface area contributed by atoms with E-state index >= 15 is 4.39 Å². The Labute approximate surface area is 236 Å². The zero-order valence-corrected chi connectivity index (χ0v) is 22.6. The van der Waals surface area contributed by atoms with E-state index in [-0.39, 0.29) is 17.4 Å². The second-order valence-corrected chi connectivity index (χ2v) is 9.82. The molecule has 11 heteroatoms. The summed E-state index contributed by atoms with van der Waals surface area (Å²) in [5, 5.41) is 1.42. The number of nitrogens with zero attached hydrogens (tertiary/aromatic N) is 4. The number of ether oxygens (including phenoxy) is 4. The summed E-state index contributed by atoms with van der Waals surface area (Å²) >= 11 is 0. The molecular weight excluding hydrogens is 529 g/mol. The lowest BCUT2D eigenvalue weighted by Gasteiger charge is -2.29. The van der Waals surface area contributed by atoms with Crippen molar-refractivity contribution in [3.8, 4) is 22.8 Å². The van der Waals surface area contributed by atoms with Crippen LogP contribution in [0.2, 0.25) is 0 Å². The molecule has 0 radical (unpaired) electrons. The van der Waals surface area contributed by atoms with E-state index < -0.39 is 11.7 Å². The van der Waals surface area contributed by atoms with Crippen LogP contribution in [-0.2, 0) is 14.2 Å². The topological polar surface area (TPSA) is 112 Å². The van der Waals surface area contributed by atoms with E-state index in [2.05, 4.69) is 9.97 Å². The largest absolute Gasteiger partial charge is 0.438 e. The Morgan fingerprint density at radius 3 is 2.59 bits per heavy atom. The Hall–Kier alpha value is -4.32. The van der Waals surface area contributed by atoms with E-state index in [1.165, 1.54) is 6.07 Å². The number of primary amides is 1. The highest BCUT2D eigenvalue weighted by atomic mass is 19.1. The lowest BCUT2D eigenvalue weighted by molar-refractivity contribution is -0.0338. The van der Waals surface area contributed by atoms with Crippen molar-refractivity contribution in [2.45, 2.75) is 6.29 Å². The highest BCUT2D eigenvalue weighted by Gasteiger charge is 2.23. The van der Waals surface area contributed by atoms with Crippen LogP contribution in [0.1, 0.15) is 10.4 Å². The molecule has 0 spiro atoms. The standard InChI is InChI=1S/C30H30FN5O5/c1-35(18-27-39-14-15-40-27)30-33-9-8-26(34-30)41-25-7-6-22(20-4-2-3-5-21(20)25)28-23(29(32)37)16-19(17-24(28)31)36-10-12-38-13-11-36/h2-9,16-17,27H,10-15,18H2,1H3,(H2,32,37). The fourth-order valence-corrected chi connectivity index (χ4v) is 5.15. The van der Waals surface area contributed by atoms with Crippen molar-refractivity contribution >= 4 is 28.3 Å². The predicted molar refractivity (Wildman–Crippen MR) is 152 cm³/mol. The van der Waals surface area contributed by atoms with E-state index in [1.54, 1.807) is 30.5 Å². The van der Waals surface area contributed by atoms with Gasteiger partial charge in [0, 0.05) is 49.0 Å². The fourth-order valence-electron chi connectivity index (χ4n) is 5.15. The number of aromatic nitrogens is 2. The van der Waals surface area contributed by atoms with Gasteiger partial charge < -0.3 is 34.5 Å². The number of anilines is 2. The van der Waals surface area contributed by atoms with Gasteiger partial charge >= 0.3 is 0 Å². The average Bonchev–Trinajstić information content (AvgIpc) is 3.51. The van der Waals surface area contributed by atoms with Crippen LogP contribution in [0.15, 0.2) is 60.8 Å². The first kappa shape index (κ1) is 26.9. The number of carbonyl (C=O) groups excluding carboxylic acids is 1. The second-order valence-electron chi connectivity index (χ2n) is 9.82. The Balaban J connectivity index is 1.34. The molecule has 10 nitrogen and oxygen atoms in total. The number of fused-ring (bicyclic) bond motifs is 1. The Morgan fingerprint density at radius 1 is 1.07 bits per heavy atom. The number of benzene rings is 3. The molecule has 0 atom stereocenters. The summed E-state index contributed by atoms with van der Waals surface area (Å²) in [5.74, 6) is 0.0813. The van der Waals surface area contributed by atoms with Crippen molar-refractivity contribution in [2.75, 3.05) is 62.9 Å². The van der Waals surface area contributed by atoms with Gasteiger partial charge in [-0.3, -0.25) is 4.79 Å². The van der Waals surface area contributed by atoms with Gasteiger partial charge in [-0.05, 0) is 35.2 Å². The minimum absolute atomic E-state index is 0.115. The van der Waals surface area contributed by atoms with Crippen molar-refractivity contribution in [3.63, 3.8) is 0 Å². The molecule has 0 saturated carbocycles. The third-order valence-corrected chi connectivity index (χ3v) is 7.16. The summed E-state index contributed by atoms with van der Waals surface area (Å²) in [7, 11) is 1.85. The van der Waals surface area contributed by atoms with Gasteiger partial charge in [-0.2, -0.15) is 4.98 Å². The number of halogens is 1. The summed E-state index contributed by atoms with van der Waals surface area (Å²) in [5.41, 5.74) is 7.18. The molecule has 2 aliphatic heterocycles.